The fraction of sp³-hybridized carbons (Fsp3) is 0.312. The number of halogens is 2. The normalized spacial score (nSPS) is 12.0. The lowest BCUT2D eigenvalue weighted by Gasteiger charge is -2.17. The Kier molecular flexibility index (Phi) is 5.63. The number of furan rings is 1. The highest BCUT2D eigenvalue weighted by molar-refractivity contribution is 6.30. The van der Waals surface area contributed by atoms with Crippen molar-refractivity contribution in [3.63, 3.8) is 0 Å². The maximum absolute atomic E-state index is 13.5. The Balaban J connectivity index is 1.96. The zero-order chi connectivity index (χ0) is 17.0. The molecule has 0 radical (unpaired) electrons. The van der Waals surface area contributed by atoms with Crippen LogP contribution in [0.4, 0.5) is 9.18 Å². The van der Waals surface area contributed by atoms with Crippen molar-refractivity contribution >= 4 is 17.6 Å². The molecule has 1 aromatic heterocycles. The van der Waals surface area contributed by atoms with Crippen molar-refractivity contribution in [2.24, 2.45) is 0 Å². The number of hydrogen-bond acceptors (Lipinski definition) is 3. The number of aliphatic hydroxyl groups is 1. The van der Waals surface area contributed by atoms with Crippen molar-refractivity contribution in [2.75, 3.05) is 6.61 Å². The number of aliphatic hydroxyl groups excluding tert-OH is 1. The van der Waals surface area contributed by atoms with E-state index in [0.29, 0.717) is 12.1 Å². The molecule has 0 aliphatic carbocycles. The predicted octanol–water partition coefficient (Wildman–Crippen LogP) is 3.22. The number of hydrogen-bond donors (Lipinski definition) is 3. The molecule has 1 heterocycles. The second kappa shape index (κ2) is 7.48. The maximum Gasteiger partial charge on any atom is 0.315 e. The van der Waals surface area contributed by atoms with Gasteiger partial charge in [-0.15, -0.1) is 0 Å². The number of benzene rings is 1. The number of rotatable bonds is 5. The van der Waals surface area contributed by atoms with Crippen LogP contribution < -0.4 is 10.6 Å². The molecule has 7 heteroatoms. The summed E-state index contributed by atoms with van der Waals surface area (Å²) < 4.78 is 18.9. The second-order valence-corrected chi connectivity index (χ2v) is 5.58. The molecule has 1 atom stereocenters. The van der Waals surface area contributed by atoms with Gasteiger partial charge in [0.15, 0.2) is 0 Å². The number of nitrogens with one attached hydrogen (secondary N) is 2. The molecule has 23 heavy (non-hydrogen) atoms. The third kappa shape index (κ3) is 4.46. The summed E-state index contributed by atoms with van der Waals surface area (Å²) in [5, 5.41) is 14.7. The van der Waals surface area contributed by atoms with E-state index in [1.54, 1.807) is 6.07 Å². The molecule has 1 aromatic carbocycles. The molecule has 0 saturated heterocycles. The summed E-state index contributed by atoms with van der Waals surface area (Å²) >= 11 is 5.62. The third-order valence-electron chi connectivity index (χ3n) is 3.42. The summed E-state index contributed by atoms with van der Waals surface area (Å²) in [4.78, 5) is 11.9. The molecule has 0 saturated carbocycles. The second-order valence-electron chi connectivity index (χ2n) is 5.17. The van der Waals surface area contributed by atoms with Crippen LogP contribution in [-0.2, 0) is 6.54 Å². The van der Waals surface area contributed by atoms with Gasteiger partial charge in [0.1, 0.15) is 17.3 Å². The first-order valence-corrected chi connectivity index (χ1v) is 7.44. The van der Waals surface area contributed by atoms with Gasteiger partial charge in [-0.25, -0.2) is 9.18 Å². The molecule has 2 aromatic rings. The minimum absolute atomic E-state index is 0.0132. The average molecular weight is 341 g/mol. The van der Waals surface area contributed by atoms with Gasteiger partial charge in [-0.1, -0.05) is 17.7 Å². The fourth-order valence-electron chi connectivity index (χ4n) is 2.21. The summed E-state index contributed by atoms with van der Waals surface area (Å²) in [6.07, 6.45) is 0. The number of aryl methyl sites for hydroxylation is 2. The summed E-state index contributed by atoms with van der Waals surface area (Å²) in [6, 6.07) is 4.76. The van der Waals surface area contributed by atoms with E-state index >= 15 is 0 Å². The van der Waals surface area contributed by atoms with Gasteiger partial charge in [0.25, 0.3) is 0 Å². The van der Waals surface area contributed by atoms with Crippen molar-refractivity contribution in [3.05, 3.63) is 57.8 Å². The quantitative estimate of drug-likeness (QED) is 0.782. The first-order valence-electron chi connectivity index (χ1n) is 7.06. The van der Waals surface area contributed by atoms with Crippen molar-refractivity contribution < 1.29 is 18.7 Å². The Bertz CT molecular complexity index is 703. The van der Waals surface area contributed by atoms with E-state index in [2.05, 4.69) is 10.6 Å². The lowest BCUT2D eigenvalue weighted by atomic mass is 10.1. The lowest BCUT2D eigenvalue weighted by molar-refractivity contribution is 0.216. The van der Waals surface area contributed by atoms with Gasteiger partial charge in [-0.05, 0) is 37.6 Å². The van der Waals surface area contributed by atoms with Crippen LogP contribution in [0.3, 0.4) is 0 Å². The van der Waals surface area contributed by atoms with Crippen LogP contribution in [0, 0.1) is 19.7 Å². The van der Waals surface area contributed by atoms with E-state index in [9.17, 15) is 14.3 Å². The highest BCUT2D eigenvalue weighted by Crippen LogP contribution is 2.20. The van der Waals surface area contributed by atoms with Gasteiger partial charge in [0, 0.05) is 12.1 Å². The monoisotopic (exact) mass is 340 g/mol. The third-order valence-corrected chi connectivity index (χ3v) is 3.72. The molecule has 0 aliphatic heterocycles. The maximum atomic E-state index is 13.5. The zero-order valence-corrected chi connectivity index (χ0v) is 13.6. The van der Waals surface area contributed by atoms with Crippen LogP contribution in [0.15, 0.2) is 28.7 Å². The molecule has 0 fully saturated rings. The number of urea groups is 1. The van der Waals surface area contributed by atoms with E-state index in [1.165, 1.54) is 12.1 Å². The summed E-state index contributed by atoms with van der Waals surface area (Å²) in [5.41, 5.74) is 1.30. The molecule has 2 amide bonds. The lowest BCUT2D eigenvalue weighted by Crippen LogP contribution is -2.39. The van der Waals surface area contributed by atoms with Crippen LogP contribution in [0.1, 0.15) is 28.7 Å². The largest absolute Gasteiger partial charge is 0.466 e. The molecule has 0 bridgehead atoms. The smallest absolute Gasteiger partial charge is 0.315 e. The van der Waals surface area contributed by atoms with Crippen LogP contribution in [0.25, 0.3) is 0 Å². The summed E-state index contributed by atoms with van der Waals surface area (Å²) in [7, 11) is 0. The first-order chi connectivity index (χ1) is 10.9. The number of amides is 2. The Labute approximate surface area is 138 Å². The molecule has 3 N–H and O–H groups in total. The molecule has 0 aliphatic rings. The van der Waals surface area contributed by atoms with Crippen LogP contribution in [0.5, 0.6) is 0 Å². The molecule has 5 nitrogen and oxygen atoms in total. The Hall–Kier alpha value is -2.05. The van der Waals surface area contributed by atoms with E-state index in [4.69, 9.17) is 16.0 Å². The average Bonchev–Trinajstić information content (AvgIpc) is 2.83. The highest BCUT2D eigenvalue weighted by atomic mass is 35.5. The predicted molar refractivity (Wildman–Crippen MR) is 84.8 cm³/mol. The van der Waals surface area contributed by atoms with Crippen LogP contribution in [0.2, 0.25) is 5.02 Å². The van der Waals surface area contributed by atoms with Gasteiger partial charge in [0.2, 0.25) is 0 Å². The molecule has 0 spiro atoms. The van der Waals surface area contributed by atoms with Gasteiger partial charge >= 0.3 is 6.03 Å². The minimum Gasteiger partial charge on any atom is -0.466 e. The van der Waals surface area contributed by atoms with Crippen molar-refractivity contribution in [1.29, 1.82) is 0 Å². The zero-order valence-electron chi connectivity index (χ0n) is 12.8. The molecular weight excluding hydrogens is 323 g/mol. The Morgan fingerprint density at radius 3 is 2.70 bits per heavy atom. The van der Waals surface area contributed by atoms with E-state index in [-0.39, 0.29) is 11.6 Å². The molecular formula is C16H18ClFN2O3. The van der Waals surface area contributed by atoms with E-state index in [1.807, 2.05) is 19.9 Å². The van der Waals surface area contributed by atoms with Crippen molar-refractivity contribution in [3.8, 4) is 0 Å². The molecule has 124 valence electrons. The minimum atomic E-state index is -0.728. The standard InChI is InChI=1S/C16H18ClFN2O3/c1-9-5-12(10(2)23-9)7-19-16(22)20-15(8-21)11-3-4-13(17)14(18)6-11/h3-6,15,21H,7-8H2,1-2H3,(H2,19,20,22). The topological polar surface area (TPSA) is 74.5 Å². The molecule has 1 unspecified atom stereocenters. The fourth-order valence-corrected chi connectivity index (χ4v) is 2.32. The van der Waals surface area contributed by atoms with Gasteiger partial charge < -0.3 is 20.2 Å². The SMILES string of the molecule is Cc1cc(CNC(=O)NC(CO)c2ccc(Cl)c(F)c2)c(C)o1. The first kappa shape index (κ1) is 17.3. The van der Waals surface area contributed by atoms with Crippen LogP contribution >= 0.6 is 11.6 Å². The highest BCUT2D eigenvalue weighted by Gasteiger charge is 2.15. The summed E-state index contributed by atoms with van der Waals surface area (Å²) in [6.45, 7) is 3.57. The van der Waals surface area contributed by atoms with Crippen molar-refractivity contribution in [2.45, 2.75) is 26.4 Å². The van der Waals surface area contributed by atoms with Gasteiger partial charge in [0.05, 0.1) is 17.7 Å². The van der Waals surface area contributed by atoms with Gasteiger partial charge in [-0.2, -0.15) is 0 Å². The van der Waals surface area contributed by atoms with Crippen LogP contribution in [-0.4, -0.2) is 17.7 Å². The number of carbonyl (C=O) groups is 1. The van der Waals surface area contributed by atoms with E-state index in [0.717, 1.165) is 17.1 Å². The Morgan fingerprint density at radius 2 is 2.13 bits per heavy atom. The number of carbonyl (C=O) groups excluding carboxylic acids is 1. The van der Waals surface area contributed by atoms with Gasteiger partial charge in [-0.3, -0.25) is 0 Å². The van der Waals surface area contributed by atoms with E-state index < -0.39 is 17.9 Å². The van der Waals surface area contributed by atoms with Crippen molar-refractivity contribution in [1.82, 2.24) is 10.6 Å². The Morgan fingerprint density at radius 1 is 1.39 bits per heavy atom. The summed E-state index contributed by atoms with van der Waals surface area (Å²) in [5.74, 6) is 0.903. The molecule has 2 rings (SSSR count).